The SMILES string of the molecule is O=C(N[C@H](Cc1cccnc1Br)C(=O)O)c1ccc(F)cc1F. The van der Waals surface area contributed by atoms with E-state index in [0.717, 1.165) is 12.1 Å². The molecular formula is C15H11BrF2N2O3. The maximum absolute atomic E-state index is 13.6. The minimum absolute atomic E-state index is 0.0433. The quantitative estimate of drug-likeness (QED) is 0.776. The number of hydrogen-bond donors (Lipinski definition) is 2. The summed E-state index contributed by atoms with van der Waals surface area (Å²) in [5, 5.41) is 11.4. The first-order valence-electron chi connectivity index (χ1n) is 6.46. The molecule has 8 heteroatoms. The number of pyridine rings is 1. The minimum Gasteiger partial charge on any atom is -0.480 e. The van der Waals surface area contributed by atoms with E-state index in [1.165, 1.54) is 6.20 Å². The van der Waals surface area contributed by atoms with Gasteiger partial charge in [0.1, 0.15) is 22.3 Å². The summed E-state index contributed by atoms with van der Waals surface area (Å²) in [5.41, 5.74) is 0.141. The van der Waals surface area contributed by atoms with Crippen molar-refractivity contribution in [3.8, 4) is 0 Å². The van der Waals surface area contributed by atoms with Crippen LogP contribution >= 0.6 is 15.9 Å². The maximum Gasteiger partial charge on any atom is 0.326 e. The van der Waals surface area contributed by atoms with Gasteiger partial charge in [-0.15, -0.1) is 0 Å². The number of rotatable bonds is 5. The molecule has 2 N–H and O–H groups in total. The van der Waals surface area contributed by atoms with Gasteiger partial charge in [0.15, 0.2) is 0 Å². The zero-order chi connectivity index (χ0) is 17.0. The van der Waals surface area contributed by atoms with E-state index in [-0.39, 0.29) is 6.42 Å². The van der Waals surface area contributed by atoms with E-state index in [0.29, 0.717) is 16.2 Å². The number of carboxylic acid groups (broad SMARTS) is 1. The Hall–Kier alpha value is -2.35. The molecule has 0 spiro atoms. The summed E-state index contributed by atoms with van der Waals surface area (Å²) in [5.74, 6) is -4.10. The molecule has 0 bridgehead atoms. The van der Waals surface area contributed by atoms with Crippen LogP contribution in [-0.2, 0) is 11.2 Å². The summed E-state index contributed by atoms with van der Waals surface area (Å²) in [6, 6.07) is 4.43. The molecule has 0 radical (unpaired) electrons. The lowest BCUT2D eigenvalue weighted by Gasteiger charge is -2.15. The summed E-state index contributed by atoms with van der Waals surface area (Å²) in [6.07, 6.45) is 1.48. The van der Waals surface area contributed by atoms with E-state index in [4.69, 9.17) is 0 Å². The standard InChI is InChI=1S/C15H11BrF2N2O3/c16-13-8(2-1-5-19-13)6-12(15(22)23)20-14(21)10-4-3-9(17)7-11(10)18/h1-5,7,12H,6H2,(H,20,21)(H,22,23)/t12-/m1/s1. The van der Waals surface area contributed by atoms with Crippen LogP contribution in [0.5, 0.6) is 0 Å². The lowest BCUT2D eigenvalue weighted by atomic mass is 10.1. The van der Waals surface area contributed by atoms with Crippen molar-refractivity contribution in [1.29, 1.82) is 0 Å². The molecule has 0 fully saturated rings. The van der Waals surface area contributed by atoms with Crippen molar-refractivity contribution >= 4 is 27.8 Å². The Morgan fingerprint density at radius 3 is 2.65 bits per heavy atom. The largest absolute Gasteiger partial charge is 0.480 e. The number of amides is 1. The molecule has 2 rings (SSSR count). The Morgan fingerprint density at radius 2 is 2.04 bits per heavy atom. The molecule has 0 saturated carbocycles. The molecule has 1 aromatic heterocycles. The zero-order valence-electron chi connectivity index (χ0n) is 11.6. The Balaban J connectivity index is 2.18. The molecule has 23 heavy (non-hydrogen) atoms. The van der Waals surface area contributed by atoms with Crippen LogP contribution in [0.4, 0.5) is 8.78 Å². The van der Waals surface area contributed by atoms with Gasteiger partial charge in [-0.2, -0.15) is 0 Å². The van der Waals surface area contributed by atoms with Gasteiger partial charge in [0, 0.05) is 18.7 Å². The van der Waals surface area contributed by atoms with Gasteiger partial charge in [-0.3, -0.25) is 4.79 Å². The van der Waals surface area contributed by atoms with Crippen LogP contribution in [0.3, 0.4) is 0 Å². The Kier molecular flexibility index (Phi) is 5.38. The van der Waals surface area contributed by atoms with Gasteiger partial charge >= 0.3 is 5.97 Å². The second kappa shape index (κ2) is 7.28. The molecule has 1 atom stereocenters. The first-order valence-corrected chi connectivity index (χ1v) is 7.26. The van der Waals surface area contributed by atoms with E-state index < -0.39 is 35.1 Å². The summed E-state index contributed by atoms with van der Waals surface area (Å²) in [6.45, 7) is 0. The molecule has 0 saturated heterocycles. The normalized spacial score (nSPS) is 11.8. The molecule has 1 amide bonds. The van der Waals surface area contributed by atoms with Gasteiger partial charge in [0.2, 0.25) is 0 Å². The third-order valence-corrected chi connectivity index (χ3v) is 3.75. The van der Waals surface area contributed by atoms with Crippen LogP contribution in [0.25, 0.3) is 0 Å². The molecule has 0 aliphatic heterocycles. The van der Waals surface area contributed by atoms with Gasteiger partial charge in [-0.05, 0) is 39.7 Å². The fourth-order valence-corrected chi connectivity index (χ4v) is 2.31. The monoisotopic (exact) mass is 384 g/mol. The number of benzene rings is 1. The fraction of sp³-hybridized carbons (Fsp3) is 0.133. The van der Waals surface area contributed by atoms with Crippen molar-refractivity contribution in [1.82, 2.24) is 10.3 Å². The summed E-state index contributed by atoms with van der Waals surface area (Å²) < 4.78 is 26.9. The predicted molar refractivity (Wildman–Crippen MR) is 80.9 cm³/mol. The summed E-state index contributed by atoms with van der Waals surface area (Å²) in [7, 11) is 0. The van der Waals surface area contributed by atoms with Crippen LogP contribution < -0.4 is 5.32 Å². The zero-order valence-corrected chi connectivity index (χ0v) is 13.2. The van der Waals surface area contributed by atoms with Crippen LogP contribution in [0, 0.1) is 11.6 Å². The van der Waals surface area contributed by atoms with E-state index in [2.05, 4.69) is 26.2 Å². The molecule has 1 aromatic carbocycles. The van der Waals surface area contributed by atoms with Crippen LogP contribution in [-0.4, -0.2) is 28.0 Å². The third kappa shape index (κ3) is 4.32. The molecule has 1 heterocycles. The van der Waals surface area contributed by atoms with Crippen molar-refractivity contribution in [2.75, 3.05) is 0 Å². The number of nitrogens with zero attached hydrogens (tertiary/aromatic N) is 1. The number of aliphatic carboxylic acids is 1. The smallest absolute Gasteiger partial charge is 0.326 e. The minimum atomic E-state index is -1.28. The third-order valence-electron chi connectivity index (χ3n) is 3.04. The molecule has 0 aliphatic carbocycles. The number of carbonyl (C=O) groups excluding carboxylic acids is 1. The lowest BCUT2D eigenvalue weighted by molar-refractivity contribution is -0.139. The Labute approximate surface area is 138 Å². The van der Waals surface area contributed by atoms with Gasteiger partial charge in [-0.25, -0.2) is 18.6 Å². The average Bonchev–Trinajstić information content (AvgIpc) is 2.48. The number of nitrogens with one attached hydrogen (secondary N) is 1. The highest BCUT2D eigenvalue weighted by molar-refractivity contribution is 9.10. The van der Waals surface area contributed by atoms with Crippen LogP contribution in [0.1, 0.15) is 15.9 Å². The molecule has 0 aliphatic rings. The predicted octanol–water partition coefficient (Wildman–Crippen LogP) is 2.55. The van der Waals surface area contributed by atoms with Crippen molar-refractivity contribution in [2.24, 2.45) is 0 Å². The molecule has 120 valence electrons. The average molecular weight is 385 g/mol. The molecule has 2 aromatic rings. The van der Waals surface area contributed by atoms with Gasteiger partial charge in [0.25, 0.3) is 5.91 Å². The van der Waals surface area contributed by atoms with Gasteiger partial charge < -0.3 is 10.4 Å². The van der Waals surface area contributed by atoms with Crippen molar-refractivity contribution in [3.63, 3.8) is 0 Å². The number of halogens is 3. The van der Waals surface area contributed by atoms with E-state index in [9.17, 15) is 23.5 Å². The maximum atomic E-state index is 13.6. The highest BCUT2D eigenvalue weighted by atomic mass is 79.9. The van der Waals surface area contributed by atoms with Crippen LogP contribution in [0.15, 0.2) is 41.1 Å². The van der Waals surface area contributed by atoms with E-state index >= 15 is 0 Å². The Morgan fingerprint density at radius 1 is 1.30 bits per heavy atom. The lowest BCUT2D eigenvalue weighted by Crippen LogP contribution is -2.42. The van der Waals surface area contributed by atoms with Crippen LogP contribution in [0.2, 0.25) is 0 Å². The number of aromatic nitrogens is 1. The fourth-order valence-electron chi connectivity index (χ4n) is 1.90. The number of carboxylic acids is 1. The second-order valence-corrected chi connectivity index (χ2v) is 5.40. The first kappa shape index (κ1) is 17.0. The van der Waals surface area contributed by atoms with Gasteiger partial charge in [-0.1, -0.05) is 6.07 Å². The van der Waals surface area contributed by atoms with Crippen molar-refractivity contribution in [3.05, 3.63) is 63.9 Å². The number of hydrogen-bond acceptors (Lipinski definition) is 3. The highest BCUT2D eigenvalue weighted by Gasteiger charge is 2.23. The molecule has 5 nitrogen and oxygen atoms in total. The molecule has 0 unspecified atom stereocenters. The van der Waals surface area contributed by atoms with Crippen molar-refractivity contribution in [2.45, 2.75) is 12.5 Å². The first-order chi connectivity index (χ1) is 10.9. The number of carbonyl (C=O) groups is 2. The van der Waals surface area contributed by atoms with Gasteiger partial charge in [0.05, 0.1) is 5.56 Å². The highest BCUT2D eigenvalue weighted by Crippen LogP contribution is 2.15. The van der Waals surface area contributed by atoms with Crippen molar-refractivity contribution < 1.29 is 23.5 Å². The second-order valence-electron chi connectivity index (χ2n) is 4.65. The Bertz CT molecular complexity index is 755. The van der Waals surface area contributed by atoms with E-state index in [1.54, 1.807) is 12.1 Å². The van der Waals surface area contributed by atoms with E-state index in [1.807, 2.05) is 0 Å². The summed E-state index contributed by atoms with van der Waals surface area (Å²) in [4.78, 5) is 27.3. The summed E-state index contributed by atoms with van der Waals surface area (Å²) >= 11 is 3.19. The molecular weight excluding hydrogens is 374 g/mol. The topological polar surface area (TPSA) is 79.3 Å².